The number of rotatable bonds is 3. The van der Waals surface area contributed by atoms with Gasteiger partial charge in [0, 0.05) is 10.6 Å². The highest BCUT2D eigenvalue weighted by molar-refractivity contribution is 6.31. The summed E-state index contributed by atoms with van der Waals surface area (Å²) in [6.07, 6.45) is 0. The lowest BCUT2D eigenvalue weighted by Gasteiger charge is -2.20. The molecule has 1 aromatic carbocycles. The number of amides is 1. The van der Waals surface area contributed by atoms with E-state index in [-0.39, 0.29) is 18.0 Å². The summed E-state index contributed by atoms with van der Waals surface area (Å²) in [6, 6.07) is 6.76. The van der Waals surface area contributed by atoms with Crippen molar-refractivity contribution < 1.29 is 4.79 Å². The molecule has 0 saturated heterocycles. The number of halogens is 1. The lowest BCUT2D eigenvalue weighted by atomic mass is 10.1. The average molecular weight is 266 g/mol. The minimum Gasteiger partial charge on any atom is -0.324 e. The molecule has 96 valence electrons. The first-order chi connectivity index (χ1) is 8.31. The van der Waals surface area contributed by atoms with Crippen LogP contribution in [0.4, 0.5) is 5.69 Å². The molecule has 0 unspecified atom stereocenters. The zero-order valence-corrected chi connectivity index (χ0v) is 11.4. The van der Waals surface area contributed by atoms with E-state index in [1.165, 1.54) is 0 Å². The molecule has 0 atom stereocenters. The van der Waals surface area contributed by atoms with Crippen LogP contribution in [0.15, 0.2) is 18.2 Å². The number of anilines is 1. The van der Waals surface area contributed by atoms with Gasteiger partial charge in [0.2, 0.25) is 5.91 Å². The molecule has 4 nitrogen and oxygen atoms in total. The van der Waals surface area contributed by atoms with Gasteiger partial charge in [0.05, 0.1) is 17.8 Å². The third-order valence-electron chi connectivity index (χ3n) is 2.16. The van der Waals surface area contributed by atoms with Gasteiger partial charge in [-0.15, -0.1) is 0 Å². The number of nitrogens with zero attached hydrogens (tertiary/aromatic N) is 1. The molecule has 0 heterocycles. The first-order valence-corrected chi connectivity index (χ1v) is 5.94. The van der Waals surface area contributed by atoms with Gasteiger partial charge in [-0.3, -0.25) is 4.79 Å². The fraction of sp³-hybridized carbons (Fsp3) is 0.385. The molecule has 0 aliphatic carbocycles. The third kappa shape index (κ3) is 4.74. The van der Waals surface area contributed by atoms with Crippen molar-refractivity contribution >= 4 is 23.2 Å². The van der Waals surface area contributed by atoms with Crippen molar-refractivity contribution in [1.82, 2.24) is 5.32 Å². The summed E-state index contributed by atoms with van der Waals surface area (Å²) in [5.41, 5.74) is 0.693. The molecule has 1 aromatic rings. The molecular weight excluding hydrogens is 250 g/mol. The topological polar surface area (TPSA) is 64.9 Å². The predicted octanol–water partition coefficient (Wildman–Crippen LogP) is 2.54. The van der Waals surface area contributed by atoms with Gasteiger partial charge in [-0.1, -0.05) is 11.6 Å². The van der Waals surface area contributed by atoms with Gasteiger partial charge >= 0.3 is 0 Å². The van der Waals surface area contributed by atoms with E-state index in [0.29, 0.717) is 16.3 Å². The van der Waals surface area contributed by atoms with E-state index in [9.17, 15) is 4.79 Å². The van der Waals surface area contributed by atoms with Crippen molar-refractivity contribution in [1.29, 1.82) is 5.26 Å². The quantitative estimate of drug-likeness (QED) is 0.883. The fourth-order valence-electron chi connectivity index (χ4n) is 1.26. The van der Waals surface area contributed by atoms with Gasteiger partial charge in [-0.25, -0.2) is 0 Å². The van der Waals surface area contributed by atoms with Gasteiger partial charge in [0.25, 0.3) is 0 Å². The lowest BCUT2D eigenvalue weighted by molar-refractivity contribution is -0.115. The van der Waals surface area contributed by atoms with Crippen LogP contribution in [0.1, 0.15) is 26.3 Å². The summed E-state index contributed by atoms with van der Waals surface area (Å²) < 4.78 is 0. The van der Waals surface area contributed by atoms with Gasteiger partial charge in [0.15, 0.2) is 0 Å². The average Bonchev–Trinajstić information content (AvgIpc) is 2.26. The van der Waals surface area contributed by atoms with Crippen LogP contribution in [-0.2, 0) is 4.79 Å². The van der Waals surface area contributed by atoms with Crippen molar-refractivity contribution in [2.24, 2.45) is 0 Å². The second-order valence-corrected chi connectivity index (χ2v) is 5.39. The van der Waals surface area contributed by atoms with Gasteiger partial charge < -0.3 is 10.6 Å². The third-order valence-corrected chi connectivity index (χ3v) is 2.39. The van der Waals surface area contributed by atoms with E-state index in [2.05, 4.69) is 10.6 Å². The van der Waals surface area contributed by atoms with Gasteiger partial charge in [0.1, 0.15) is 6.07 Å². The summed E-state index contributed by atoms with van der Waals surface area (Å²) in [5.74, 6) is -0.205. The Balaban J connectivity index is 2.70. The Bertz CT molecular complexity index is 486. The number of nitrogens with one attached hydrogen (secondary N) is 2. The van der Waals surface area contributed by atoms with Crippen LogP contribution >= 0.6 is 11.6 Å². The second-order valence-electron chi connectivity index (χ2n) is 4.95. The van der Waals surface area contributed by atoms with E-state index < -0.39 is 0 Å². The molecule has 0 aliphatic heterocycles. The molecule has 1 rings (SSSR count). The molecule has 0 aromatic heterocycles. The van der Waals surface area contributed by atoms with Crippen LogP contribution in [0.5, 0.6) is 0 Å². The van der Waals surface area contributed by atoms with Crippen molar-refractivity contribution in [3.8, 4) is 6.07 Å². The Morgan fingerprint density at radius 3 is 2.67 bits per heavy atom. The standard InChI is InChI=1S/C13H16ClN3O/c1-13(2,3)16-8-12(18)17-11-6-10(14)5-4-9(11)7-15/h4-6,16H,8H2,1-3H3,(H,17,18). The van der Waals surface area contributed by atoms with Crippen LogP contribution in [0.25, 0.3) is 0 Å². The normalized spacial score (nSPS) is 10.8. The number of carbonyl (C=O) groups is 1. The first-order valence-electron chi connectivity index (χ1n) is 5.56. The maximum Gasteiger partial charge on any atom is 0.238 e. The minimum atomic E-state index is -0.205. The maximum absolute atomic E-state index is 11.7. The Morgan fingerprint density at radius 1 is 1.44 bits per heavy atom. The Morgan fingerprint density at radius 2 is 2.11 bits per heavy atom. The Labute approximate surface area is 112 Å². The zero-order valence-electron chi connectivity index (χ0n) is 10.7. The smallest absolute Gasteiger partial charge is 0.238 e. The van der Waals surface area contributed by atoms with E-state index >= 15 is 0 Å². The van der Waals surface area contributed by atoms with Crippen molar-refractivity contribution in [3.63, 3.8) is 0 Å². The van der Waals surface area contributed by atoms with E-state index in [4.69, 9.17) is 16.9 Å². The summed E-state index contributed by atoms with van der Waals surface area (Å²) in [5, 5.41) is 15.1. The SMILES string of the molecule is CC(C)(C)NCC(=O)Nc1cc(Cl)ccc1C#N. The summed E-state index contributed by atoms with van der Waals surface area (Å²) in [4.78, 5) is 11.7. The number of benzene rings is 1. The lowest BCUT2D eigenvalue weighted by Crippen LogP contribution is -2.41. The minimum absolute atomic E-state index is 0.135. The molecule has 0 aliphatic rings. The number of hydrogen-bond donors (Lipinski definition) is 2. The molecule has 0 radical (unpaired) electrons. The van der Waals surface area contributed by atoms with Crippen LogP contribution in [0, 0.1) is 11.3 Å². The summed E-state index contributed by atoms with van der Waals surface area (Å²) >= 11 is 5.83. The molecule has 2 N–H and O–H groups in total. The number of nitriles is 1. The molecule has 1 amide bonds. The molecule has 0 spiro atoms. The van der Waals surface area contributed by atoms with Crippen molar-refractivity contribution in [2.45, 2.75) is 26.3 Å². The highest BCUT2D eigenvalue weighted by Gasteiger charge is 2.12. The summed E-state index contributed by atoms with van der Waals surface area (Å²) in [7, 11) is 0. The molecule has 0 fully saturated rings. The summed E-state index contributed by atoms with van der Waals surface area (Å²) in [6.45, 7) is 6.10. The molecule has 0 saturated carbocycles. The second kappa shape index (κ2) is 5.85. The monoisotopic (exact) mass is 265 g/mol. The van der Waals surface area contributed by atoms with E-state index in [1.807, 2.05) is 26.8 Å². The molecular formula is C13H16ClN3O. The highest BCUT2D eigenvalue weighted by Crippen LogP contribution is 2.20. The highest BCUT2D eigenvalue weighted by atomic mass is 35.5. The van der Waals surface area contributed by atoms with Gasteiger partial charge in [-0.05, 0) is 39.0 Å². The van der Waals surface area contributed by atoms with Crippen LogP contribution in [0.2, 0.25) is 5.02 Å². The van der Waals surface area contributed by atoms with Crippen LogP contribution in [0.3, 0.4) is 0 Å². The Hall–Kier alpha value is -1.57. The van der Waals surface area contributed by atoms with E-state index in [1.54, 1.807) is 18.2 Å². The Kier molecular flexibility index (Phi) is 4.71. The molecule has 18 heavy (non-hydrogen) atoms. The van der Waals surface area contributed by atoms with Crippen molar-refractivity contribution in [3.05, 3.63) is 28.8 Å². The number of carbonyl (C=O) groups excluding carboxylic acids is 1. The van der Waals surface area contributed by atoms with Crippen LogP contribution in [-0.4, -0.2) is 18.0 Å². The largest absolute Gasteiger partial charge is 0.324 e. The number of hydrogen-bond acceptors (Lipinski definition) is 3. The first kappa shape index (κ1) is 14.5. The maximum atomic E-state index is 11.7. The predicted molar refractivity (Wildman–Crippen MR) is 72.6 cm³/mol. The molecule has 5 heteroatoms. The van der Waals surface area contributed by atoms with Crippen molar-refractivity contribution in [2.75, 3.05) is 11.9 Å². The zero-order chi connectivity index (χ0) is 13.8. The van der Waals surface area contributed by atoms with Crippen LogP contribution < -0.4 is 10.6 Å². The fourth-order valence-corrected chi connectivity index (χ4v) is 1.43. The van der Waals surface area contributed by atoms with E-state index in [0.717, 1.165) is 0 Å². The van der Waals surface area contributed by atoms with Gasteiger partial charge in [-0.2, -0.15) is 5.26 Å². The molecule has 0 bridgehead atoms.